The van der Waals surface area contributed by atoms with Gasteiger partial charge in [-0.05, 0) is 94.0 Å². The normalized spacial score (nSPS) is 12.9. The molecule has 2 aromatic heterocycles. The van der Waals surface area contributed by atoms with Crippen molar-refractivity contribution in [2.75, 3.05) is 10.6 Å². The summed E-state index contributed by atoms with van der Waals surface area (Å²) < 4.78 is 2.07. The summed E-state index contributed by atoms with van der Waals surface area (Å²) in [7, 11) is 0. The van der Waals surface area contributed by atoms with Crippen LogP contribution >= 0.6 is 22.9 Å². The second kappa shape index (κ2) is 11.5. The van der Waals surface area contributed by atoms with E-state index < -0.39 is 5.91 Å². The molecule has 0 fully saturated rings. The van der Waals surface area contributed by atoms with Gasteiger partial charge in [-0.2, -0.15) is 5.26 Å². The van der Waals surface area contributed by atoms with Gasteiger partial charge in [-0.1, -0.05) is 41.4 Å². The lowest BCUT2D eigenvalue weighted by Crippen LogP contribution is -2.17. The molecule has 0 unspecified atom stereocenters. The first-order valence-electron chi connectivity index (χ1n) is 13.2. The number of nitriles is 1. The summed E-state index contributed by atoms with van der Waals surface area (Å²) in [5, 5.41) is 16.9. The third kappa shape index (κ3) is 5.46. The van der Waals surface area contributed by atoms with Gasteiger partial charge in [0, 0.05) is 22.0 Å². The molecule has 2 heterocycles. The molecule has 0 saturated heterocycles. The zero-order chi connectivity index (χ0) is 28.4. The fourth-order valence-electron chi connectivity index (χ4n) is 5.08. The van der Waals surface area contributed by atoms with Gasteiger partial charge in [-0.15, -0.1) is 11.3 Å². The monoisotopic (exact) mass is 568 g/mol. The lowest BCUT2D eigenvalue weighted by Gasteiger charge is -2.14. The van der Waals surface area contributed by atoms with E-state index in [-0.39, 0.29) is 11.5 Å². The molecule has 6 nitrogen and oxygen atoms in total. The maximum atomic E-state index is 13.7. The van der Waals surface area contributed by atoms with Gasteiger partial charge in [0.15, 0.2) is 0 Å². The molecule has 2 N–H and O–H groups in total. The number of fused-ring (bicyclic) bond motifs is 1. The highest BCUT2D eigenvalue weighted by Gasteiger charge is 2.28. The molecule has 0 atom stereocenters. The number of carbonyl (C=O) groups is 2. The minimum absolute atomic E-state index is 0.0389. The number of amides is 2. The second-order valence-electron chi connectivity index (χ2n) is 9.98. The highest BCUT2D eigenvalue weighted by atomic mass is 35.5. The molecule has 2 amide bonds. The van der Waals surface area contributed by atoms with Crippen LogP contribution in [0.2, 0.25) is 5.02 Å². The number of rotatable bonds is 6. The Bertz CT molecular complexity index is 1690. The molecule has 0 aliphatic heterocycles. The van der Waals surface area contributed by atoms with E-state index in [1.165, 1.54) is 4.88 Å². The third-order valence-electron chi connectivity index (χ3n) is 7.15. The predicted octanol–water partition coefficient (Wildman–Crippen LogP) is 7.79. The average Bonchev–Trinajstić information content (AvgIpc) is 3.45. The molecule has 0 bridgehead atoms. The largest absolute Gasteiger partial charge is 0.322 e. The number of aryl methyl sites for hydroxylation is 3. The van der Waals surface area contributed by atoms with Gasteiger partial charge in [0.25, 0.3) is 11.8 Å². The Morgan fingerprint density at radius 2 is 1.75 bits per heavy atom. The van der Waals surface area contributed by atoms with Crippen LogP contribution in [0, 0.1) is 32.1 Å². The Hall–Kier alpha value is -4.12. The Kier molecular flexibility index (Phi) is 7.92. The number of para-hydroxylation sites is 1. The van der Waals surface area contributed by atoms with Crippen LogP contribution in [0.5, 0.6) is 0 Å². The van der Waals surface area contributed by atoms with Crippen molar-refractivity contribution in [2.45, 2.75) is 46.5 Å². The number of benzene rings is 2. The third-order valence-corrected chi connectivity index (χ3v) is 8.76. The van der Waals surface area contributed by atoms with Gasteiger partial charge in [-0.3, -0.25) is 9.59 Å². The lowest BCUT2D eigenvalue weighted by atomic mass is 9.95. The van der Waals surface area contributed by atoms with E-state index in [2.05, 4.69) is 15.2 Å². The molecular weight excluding hydrogens is 540 g/mol. The molecule has 0 saturated carbocycles. The van der Waals surface area contributed by atoms with Crippen LogP contribution in [0.4, 0.5) is 11.4 Å². The summed E-state index contributed by atoms with van der Waals surface area (Å²) in [6.07, 6.45) is 5.57. The van der Waals surface area contributed by atoms with E-state index in [1.54, 1.807) is 41.7 Å². The van der Waals surface area contributed by atoms with E-state index in [0.717, 1.165) is 64.4 Å². The average molecular weight is 569 g/mol. The van der Waals surface area contributed by atoms with Gasteiger partial charge in [0.05, 0.1) is 16.3 Å². The van der Waals surface area contributed by atoms with Crippen LogP contribution < -0.4 is 10.6 Å². The zero-order valence-corrected chi connectivity index (χ0v) is 24.2. The van der Waals surface area contributed by atoms with Crippen molar-refractivity contribution in [3.8, 4) is 11.1 Å². The zero-order valence-electron chi connectivity index (χ0n) is 22.6. The highest BCUT2D eigenvalue weighted by Crippen LogP contribution is 2.39. The van der Waals surface area contributed by atoms with Gasteiger partial charge < -0.3 is 15.2 Å². The first kappa shape index (κ1) is 27.4. The fraction of sp³-hybridized carbons (Fsp3) is 0.219. The molecular formula is C32H29ClN4O2S. The Balaban J connectivity index is 1.53. The molecule has 202 valence electrons. The second-order valence-corrected chi connectivity index (χ2v) is 11.5. The van der Waals surface area contributed by atoms with Crippen LogP contribution in [0.15, 0.2) is 60.2 Å². The maximum absolute atomic E-state index is 13.7. The molecule has 5 rings (SSSR count). The molecule has 8 heteroatoms. The van der Waals surface area contributed by atoms with Crippen LogP contribution in [-0.2, 0) is 17.6 Å². The molecule has 2 aromatic carbocycles. The summed E-state index contributed by atoms with van der Waals surface area (Å²) in [4.78, 5) is 27.9. The number of hydrogen-bond acceptors (Lipinski definition) is 4. The summed E-state index contributed by atoms with van der Waals surface area (Å²) in [5.41, 5.74) is 6.60. The highest BCUT2D eigenvalue weighted by molar-refractivity contribution is 7.15. The Morgan fingerprint density at radius 3 is 2.48 bits per heavy atom. The minimum Gasteiger partial charge on any atom is -0.322 e. The number of nitrogens with one attached hydrogen (secondary N) is 2. The van der Waals surface area contributed by atoms with Crippen molar-refractivity contribution in [3.63, 3.8) is 0 Å². The quantitative estimate of drug-likeness (QED) is 0.184. The first-order chi connectivity index (χ1) is 19.3. The number of hydrogen-bond donors (Lipinski definition) is 2. The van der Waals surface area contributed by atoms with Gasteiger partial charge in [-0.25, -0.2) is 0 Å². The molecule has 40 heavy (non-hydrogen) atoms. The molecule has 0 radical (unpaired) electrons. The van der Waals surface area contributed by atoms with E-state index >= 15 is 0 Å². The summed E-state index contributed by atoms with van der Waals surface area (Å²) in [6, 6.07) is 18.6. The van der Waals surface area contributed by atoms with Crippen LogP contribution in [0.3, 0.4) is 0 Å². The number of halogens is 1. The molecule has 1 aliphatic rings. The van der Waals surface area contributed by atoms with Gasteiger partial charge in [0.1, 0.15) is 16.6 Å². The first-order valence-corrected chi connectivity index (χ1v) is 14.4. The van der Waals surface area contributed by atoms with Crippen LogP contribution in [-0.4, -0.2) is 16.4 Å². The number of thiophene rings is 1. The van der Waals surface area contributed by atoms with Gasteiger partial charge in [0.2, 0.25) is 0 Å². The number of carbonyl (C=O) groups excluding carboxylic acids is 2. The van der Waals surface area contributed by atoms with Gasteiger partial charge >= 0.3 is 0 Å². The van der Waals surface area contributed by atoms with Crippen molar-refractivity contribution in [2.24, 2.45) is 0 Å². The van der Waals surface area contributed by atoms with Crippen LogP contribution in [0.1, 0.15) is 56.2 Å². The van der Waals surface area contributed by atoms with Crippen molar-refractivity contribution < 1.29 is 9.59 Å². The Morgan fingerprint density at radius 1 is 1.02 bits per heavy atom. The smallest absolute Gasteiger partial charge is 0.266 e. The SMILES string of the molecule is Cc1ccc(NC(=O)c2c(-n3c(C)cc(/C=C(/C#N)C(=O)Nc4ccccc4Cl)c3C)sc3c2CCCC3)cc1. The van der Waals surface area contributed by atoms with Crippen LogP contribution in [0.25, 0.3) is 11.1 Å². The van der Waals surface area contributed by atoms with E-state index in [0.29, 0.717) is 16.3 Å². The summed E-state index contributed by atoms with van der Waals surface area (Å²) in [6.45, 7) is 5.93. The fourth-order valence-corrected chi connectivity index (χ4v) is 6.76. The predicted molar refractivity (Wildman–Crippen MR) is 163 cm³/mol. The van der Waals surface area contributed by atoms with E-state index in [4.69, 9.17) is 11.6 Å². The summed E-state index contributed by atoms with van der Waals surface area (Å²) in [5.74, 6) is -0.662. The topological polar surface area (TPSA) is 86.9 Å². The number of aromatic nitrogens is 1. The molecule has 1 aliphatic carbocycles. The minimum atomic E-state index is -0.537. The summed E-state index contributed by atoms with van der Waals surface area (Å²) >= 11 is 7.84. The number of anilines is 2. The van der Waals surface area contributed by atoms with Crippen molar-refractivity contribution in [1.82, 2.24) is 4.57 Å². The molecule has 4 aromatic rings. The number of nitrogens with zero attached hydrogens (tertiary/aromatic N) is 2. The van der Waals surface area contributed by atoms with E-state index in [9.17, 15) is 14.9 Å². The standard InChI is InChI=1S/C32H29ClN4O2S/c1-19-12-14-24(15-13-19)35-31(39)29-25-8-4-7-11-28(25)40-32(29)37-20(2)16-22(21(37)3)17-23(18-34)30(38)36-27-10-6-5-9-26(27)33/h5-6,9-10,12-17H,4,7-8,11H2,1-3H3,(H,35,39)(H,36,38)/b23-17-. The van der Waals surface area contributed by atoms with E-state index in [1.807, 2.05) is 57.2 Å². The van der Waals surface area contributed by atoms with Crippen molar-refractivity contribution >= 4 is 52.2 Å². The van der Waals surface area contributed by atoms with Crippen molar-refractivity contribution in [1.29, 1.82) is 5.26 Å². The lowest BCUT2D eigenvalue weighted by molar-refractivity contribution is -0.112. The maximum Gasteiger partial charge on any atom is 0.266 e. The molecule has 0 spiro atoms. The van der Waals surface area contributed by atoms with Crippen molar-refractivity contribution in [3.05, 3.63) is 104 Å². The Labute approximate surface area is 242 Å².